The molecule has 1 aliphatic rings. The molecule has 5 heteroatoms. The minimum absolute atomic E-state index is 0. The lowest BCUT2D eigenvalue weighted by Gasteiger charge is -2.19. The largest absolute Gasteiger partial charge is 0.492 e. The number of ether oxygens (including phenoxy) is 1. The van der Waals surface area contributed by atoms with E-state index in [1.54, 1.807) is 0 Å². The molecule has 1 unspecified atom stereocenters. The summed E-state index contributed by atoms with van der Waals surface area (Å²) in [6.07, 6.45) is 3.78. The zero-order valence-corrected chi connectivity index (χ0v) is 15.6. The maximum Gasteiger partial charge on any atom is 0.119 e. The smallest absolute Gasteiger partial charge is 0.119 e. The van der Waals surface area contributed by atoms with Crippen molar-refractivity contribution in [3.8, 4) is 5.75 Å². The highest BCUT2D eigenvalue weighted by Crippen LogP contribution is 2.15. The van der Waals surface area contributed by atoms with E-state index in [-0.39, 0.29) is 24.8 Å². The van der Waals surface area contributed by atoms with Crippen molar-refractivity contribution >= 4 is 24.8 Å². The predicted octanol–water partition coefficient (Wildman–Crippen LogP) is 3.50. The zero-order chi connectivity index (χ0) is 14.4. The van der Waals surface area contributed by atoms with E-state index in [1.807, 2.05) is 0 Å². The standard InChI is InChI=1S/C17H28N2O.2ClH/c1-15(18(2)3)14-16-6-8-17(9-7-16)20-13-12-19-10-4-5-11-19;;/h6-9,15H,4-5,10-14H2,1-3H3;2*1H. The van der Waals surface area contributed by atoms with Gasteiger partial charge in [-0.3, -0.25) is 4.90 Å². The van der Waals surface area contributed by atoms with Crippen molar-refractivity contribution in [3.05, 3.63) is 29.8 Å². The second-order valence-corrected chi connectivity index (χ2v) is 6.06. The van der Waals surface area contributed by atoms with Gasteiger partial charge in [0.05, 0.1) is 0 Å². The number of likely N-dealkylation sites (N-methyl/N-ethyl adjacent to an activating group) is 1. The molecule has 0 aromatic heterocycles. The van der Waals surface area contributed by atoms with Crippen LogP contribution < -0.4 is 4.74 Å². The van der Waals surface area contributed by atoms with Crippen LogP contribution in [0.2, 0.25) is 0 Å². The summed E-state index contributed by atoms with van der Waals surface area (Å²) in [5, 5.41) is 0. The summed E-state index contributed by atoms with van der Waals surface area (Å²) in [6, 6.07) is 9.14. The van der Waals surface area contributed by atoms with Crippen LogP contribution in [0.15, 0.2) is 24.3 Å². The van der Waals surface area contributed by atoms with Crippen LogP contribution in [0.1, 0.15) is 25.3 Å². The lowest BCUT2D eigenvalue weighted by atomic mass is 10.1. The van der Waals surface area contributed by atoms with Crippen LogP contribution in [0.4, 0.5) is 0 Å². The van der Waals surface area contributed by atoms with Crippen LogP contribution in [0.3, 0.4) is 0 Å². The average Bonchev–Trinajstić information content (AvgIpc) is 2.94. The monoisotopic (exact) mass is 348 g/mol. The number of hydrogen-bond donors (Lipinski definition) is 0. The first-order valence-electron chi connectivity index (χ1n) is 7.75. The van der Waals surface area contributed by atoms with Crippen LogP contribution in [0.25, 0.3) is 0 Å². The molecule has 0 amide bonds. The highest BCUT2D eigenvalue weighted by molar-refractivity contribution is 5.85. The van der Waals surface area contributed by atoms with E-state index in [2.05, 4.69) is 55.1 Å². The molecule has 0 N–H and O–H groups in total. The van der Waals surface area contributed by atoms with E-state index >= 15 is 0 Å². The van der Waals surface area contributed by atoms with Crippen molar-refractivity contribution in [2.45, 2.75) is 32.2 Å². The molecule has 0 saturated carbocycles. The van der Waals surface area contributed by atoms with Gasteiger partial charge in [-0.1, -0.05) is 12.1 Å². The van der Waals surface area contributed by atoms with Gasteiger partial charge in [0, 0.05) is 12.6 Å². The number of halogens is 2. The van der Waals surface area contributed by atoms with Crippen LogP contribution >= 0.6 is 24.8 Å². The minimum Gasteiger partial charge on any atom is -0.492 e. The van der Waals surface area contributed by atoms with Crippen molar-refractivity contribution in [2.75, 3.05) is 40.3 Å². The maximum atomic E-state index is 5.82. The lowest BCUT2D eigenvalue weighted by Crippen LogP contribution is -2.26. The van der Waals surface area contributed by atoms with Gasteiger partial charge in [0.25, 0.3) is 0 Å². The third-order valence-corrected chi connectivity index (χ3v) is 4.21. The molecule has 0 spiro atoms. The van der Waals surface area contributed by atoms with Gasteiger partial charge in [0.1, 0.15) is 12.4 Å². The first-order chi connectivity index (χ1) is 9.65. The topological polar surface area (TPSA) is 15.7 Å². The molecule has 1 aromatic carbocycles. The molecule has 22 heavy (non-hydrogen) atoms. The van der Waals surface area contributed by atoms with Gasteiger partial charge in [-0.2, -0.15) is 0 Å². The Morgan fingerprint density at radius 3 is 2.23 bits per heavy atom. The fourth-order valence-corrected chi connectivity index (χ4v) is 2.54. The number of nitrogens with zero attached hydrogens (tertiary/aromatic N) is 2. The molecule has 1 fully saturated rings. The van der Waals surface area contributed by atoms with Crippen LogP contribution in [-0.2, 0) is 6.42 Å². The Kier molecular flexibility index (Phi) is 10.9. The van der Waals surface area contributed by atoms with Gasteiger partial charge in [-0.05, 0) is 71.1 Å². The molecule has 3 nitrogen and oxygen atoms in total. The van der Waals surface area contributed by atoms with Crippen LogP contribution in [0.5, 0.6) is 5.75 Å². The number of likely N-dealkylation sites (tertiary alicyclic amines) is 1. The summed E-state index contributed by atoms with van der Waals surface area (Å²) in [5.41, 5.74) is 1.37. The molecule has 1 heterocycles. The van der Waals surface area contributed by atoms with E-state index in [0.29, 0.717) is 6.04 Å². The van der Waals surface area contributed by atoms with E-state index in [4.69, 9.17) is 4.74 Å². The van der Waals surface area contributed by atoms with E-state index < -0.39 is 0 Å². The predicted molar refractivity (Wildman–Crippen MR) is 99.0 cm³/mol. The molecular formula is C17H30Cl2N2O. The van der Waals surface area contributed by atoms with Gasteiger partial charge in [-0.25, -0.2) is 0 Å². The maximum absolute atomic E-state index is 5.82. The summed E-state index contributed by atoms with van der Waals surface area (Å²) < 4.78 is 5.82. The zero-order valence-electron chi connectivity index (χ0n) is 14.0. The van der Waals surface area contributed by atoms with Crippen molar-refractivity contribution in [2.24, 2.45) is 0 Å². The summed E-state index contributed by atoms with van der Waals surface area (Å²) in [6.45, 7) is 6.59. The molecule has 128 valence electrons. The highest BCUT2D eigenvalue weighted by atomic mass is 35.5. The third-order valence-electron chi connectivity index (χ3n) is 4.21. The Morgan fingerprint density at radius 2 is 1.68 bits per heavy atom. The minimum atomic E-state index is 0. The molecule has 0 bridgehead atoms. The van der Waals surface area contributed by atoms with Gasteiger partial charge < -0.3 is 9.64 Å². The van der Waals surface area contributed by atoms with Gasteiger partial charge >= 0.3 is 0 Å². The van der Waals surface area contributed by atoms with Gasteiger partial charge in [-0.15, -0.1) is 24.8 Å². The Hall–Kier alpha value is -0.480. The molecule has 1 aromatic rings. The van der Waals surface area contributed by atoms with Gasteiger partial charge in [0.2, 0.25) is 0 Å². The molecule has 2 rings (SSSR count). The molecule has 0 radical (unpaired) electrons. The van der Waals surface area contributed by atoms with E-state index in [0.717, 1.165) is 25.3 Å². The third kappa shape index (κ3) is 7.19. The normalized spacial score (nSPS) is 16.0. The average molecular weight is 349 g/mol. The number of rotatable bonds is 7. The molecule has 0 aliphatic carbocycles. The number of benzene rings is 1. The quantitative estimate of drug-likeness (QED) is 0.749. The Bertz CT molecular complexity index is 392. The second-order valence-electron chi connectivity index (χ2n) is 6.06. The molecule has 1 aliphatic heterocycles. The summed E-state index contributed by atoms with van der Waals surface area (Å²) >= 11 is 0. The highest BCUT2D eigenvalue weighted by Gasteiger charge is 2.10. The van der Waals surface area contributed by atoms with Crippen molar-refractivity contribution in [3.63, 3.8) is 0 Å². The Labute approximate surface area is 147 Å². The fraction of sp³-hybridized carbons (Fsp3) is 0.647. The summed E-state index contributed by atoms with van der Waals surface area (Å²) in [5.74, 6) is 0.991. The SMILES string of the molecule is CC(Cc1ccc(OCCN2CCCC2)cc1)N(C)C.Cl.Cl. The summed E-state index contributed by atoms with van der Waals surface area (Å²) in [4.78, 5) is 4.73. The van der Waals surface area contributed by atoms with E-state index in [9.17, 15) is 0 Å². The molecular weight excluding hydrogens is 319 g/mol. The van der Waals surface area contributed by atoms with Gasteiger partial charge in [0.15, 0.2) is 0 Å². The van der Waals surface area contributed by atoms with Crippen molar-refractivity contribution < 1.29 is 4.74 Å². The van der Waals surface area contributed by atoms with Crippen molar-refractivity contribution in [1.82, 2.24) is 9.80 Å². The number of hydrogen-bond acceptors (Lipinski definition) is 3. The fourth-order valence-electron chi connectivity index (χ4n) is 2.54. The Balaban J connectivity index is 0.00000220. The molecule has 1 atom stereocenters. The first-order valence-corrected chi connectivity index (χ1v) is 7.75. The van der Waals surface area contributed by atoms with Crippen LogP contribution in [-0.4, -0.2) is 56.2 Å². The Morgan fingerprint density at radius 1 is 1.09 bits per heavy atom. The lowest BCUT2D eigenvalue weighted by molar-refractivity contribution is 0.237. The second kappa shape index (κ2) is 11.1. The van der Waals surface area contributed by atoms with Crippen LogP contribution in [0, 0.1) is 0 Å². The summed E-state index contributed by atoms with van der Waals surface area (Å²) in [7, 11) is 4.25. The first kappa shape index (κ1) is 21.5. The molecule has 1 saturated heterocycles. The van der Waals surface area contributed by atoms with E-state index in [1.165, 1.54) is 31.5 Å². The van der Waals surface area contributed by atoms with Crippen molar-refractivity contribution in [1.29, 1.82) is 0 Å².